The molecule has 1 aliphatic rings. The van der Waals surface area contributed by atoms with Crippen molar-refractivity contribution >= 4 is 17.3 Å². The minimum absolute atomic E-state index is 0.0406. The number of methoxy groups -OCH3 is 1. The topological polar surface area (TPSA) is 77.1 Å². The Labute approximate surface area is 216 Å². The van der Waals surface area contributed by atoms with Gasteiger partial charge in [-0.3, -0.25) is 9.69 Å². The second-order valence-corrected chi connectivity index (χ2v) is 10.5. The molecule has 0 spiro atoms. The van der Waals surface area contributed by atoms with Crippen LogP contribution in [-0.4, -0.2) is 30.9 Å². The number of allylic oxidation sites excluding steroid dienone is 1. The maximum Gasteiger partial charge on any atom is 0.257 e. The zero-order chi connectivity index (χ0) is 26.3. The third-order valence-electron chi connectivity index (χ3n) is 6.39. The molecular weight excluding hydrogens is 450 g/mol. The van der Waals surface area contributed by atoms with Crippen molar-refractivity contribution in [2.24, 2.45) is 22.7 Å². The van der Waals surface area contributed by atoms with Crippen LogP contribution in [0.25, 0.3) is 0 Å². The summed E-state index contributed by atoms with van der Waals surface area (Å²) in [4.78, 5) is 21.4. The lowest BCUT2D eigenvalue weighted by atomic mass is 9.82. The van der Waals surface area contributed by atoms with Gasteiger partial charge in [-0.25, -0.2) is 0 Å². The zero-order valence-corrected chi connectivity index (χ0v) is 22.5. The van der Waals surface area contributed by atoms with E-state index in [0.717, 1.165) is 36.3 Å². The number of β-lactam (4-membered cyclic amide) rings is 1. The highest BCUT2D eigenvalue weighted by atomic mass is 16.6. The Balaban J connectivity index is 1.91. The van der Waals surface area contributed by atoms with Crippen molar-refractivity contribution in [1.29, 1.82) is 0 Å². The van der Waals surface area contributed by atoms with Crippen molar-refractivity contribution in [3.05, 3.63) is 71.8 Å². The SMILES string of the molecule is COc1ccc(N2C(=O)C(=CC(C)=NOC(CCN)(CC(C)C)CC(C)C)C2c2ccccc2)cc1. The molecule has 1 atom stereocenters. The van der Waals surface area contributed by atoms with E-state index in [1.165, 1.54) is 0 Å². The molecule has 1 unspecified atom stereocenters. The predicted octanol–water partition coefficient (Wildman–Crippen LogP) is 6.28. The van der Waals surface area contributed by atoms with Crippen LogP contribution in [0.2, 0.25) is 0 Å². The molecular formula is C30H41N3O3. The Morgan fingerprint density at radius 1 is 1.06 bits per heavy atom. The van der Waals surface area contributed by atoms with Crippen LogP contribution >= 0.6 is 0 Å². The number of carbonyl (C=O) groups is 1. The fourth-order valence-electron chi connectivity index (χ4n) is 5.14. The zero-order valence-electron chi connectivity index (χ0n) is 22.5. The van der Waals surface area contributed by atoms with Crippen molar-refractivity contribution in [3.63, 3.8) is 0 Å². The highest BCUT2D eigenvalue weighted by Gasteiger charge is 2.44. The van der Waals surface area contributed by atoms with Gasteiger partial charge in [-0.1, -0.05) is 63.2 Å². The van der Waals surface area contributed by atoms with Crippen molar-refractivity contribution < 1.29 is 14.4 Å². The molecule has 1 aliphatic heterocycles. The van der Waals surface area contributed by atoms with E-state index in [9.17, 15) is 4.79 Å². The van der Waals surface area contributed by atoms with Gasteiger partial charge in [0.25, 0.3) is 5.91 Å². The largest absolute Gasteiger partial charge is 0.497 e. The molecule has 2 aromatic rings. The number of carbonyl (C=O) groups excluding carboxylic acids is 1. The van der Waals surface area contributed by atoms with Crippen LogP contribution in [0.4, 0.5) is 5.69 Å². The standard InChI is InChI=1S/C30H41N3O3/c1-21(2)19-30(16-17-31,20-22(3)4)36-32-23(5)18-27-28(24-10-8-7-9-11-24)33(29(27)34)25-12-14-26(35-6)15-13-25/h7-15,18,21-22,28H,16-17,19-20,31H2,1-6H3. The summed E-state index contributed by atoms with van der Waals surface area (Å²) >= 11 is 0. The first kappa shape index (κ1) is 27.5. The Bertz CT molecular complexity index is 1050. The van der Waals surface area contributed by atoms with Gasteiger partial charge in [0.15, 0.2) is 0 Å². The van der Waals surface area contributed by atoms with Crippen LogP contribution in [-0.2, 0) is 9.63 Å². The first-order valence-electron chi connectivity index (χ1n) is 12.9. The molecule has 0 aromatic heterocycles. The van der Waals surface area contributed by atoms with E-state index in [0.29, 0.717) is 29.7 Å². The molecule has 1 fully saturated rings. The normalized spacial score (nSPS) is 17.6. The summed E-state index contributed by atoms with van der Waals surface area (Å²) in [6.45, 7) is 11.2. The molecule has 194 valence electrons. The summed E-state index contributed by atoms with van der Waals surface area (Å²) in [5.74, 6) is 1.62. The van der Waals surface area contributed by atoms with Gasteiger partial charge in [-0.05, 0) is 74.1 Å². The lowest BCUT2D eigenvalue weighted by Crippen LogP contribution is -2.49. The fraction of sp³-hybridized carbons (Fsp3) is 0.467. The molecule has 0 bridgehead atoms. The average Bonchev–Trinajstić information content (AvgIpc) is 2.84. The quantitative estimate of drug-likeness (QED) is 0.164. The molecule has 1 saturated heterocycles. The molecule has 1 heterocycles. The highest BCUT2D eigenvalue weighted by Crippen LogP contribution is 2.43. The highest BCUT2D eigenvalue weighted by molar-refractivity contribution is 6.18. The molecule has 2 N–H and O–H groups in total. The van der Waals surface area contributed by atoms with Gasteiger partial charge in [0.05, 0.1) is 18.9 Å². The summed E-state index contributed by atoms with van der Waals surface area (Å²) in [5.41, 5.74) is 8.80. The monoisotopic (exact) mass is 491 g/mol. The number of rotatable bonds is 12. The van der Waals surface area contributed by atoms with Crippen molar-refractivity contribution in [2.75, 3.05) is 18.6 Å². The number of nitrogens with two attached hydrogens (primary N) is 1. The van der Waals surface area contributed by atoms with Crippen LogP contribution in [0.15, 0.2) is 71.4 Å². The van der Waals surface area contributed by atoms with Gasteiger partial charge >= 0.3 is 0 Å². The molecule has 2 aromatic carbocycles. The van der Waals surface area contributed by atoms with E-state index < -0.39 is 5.60 Å². The van der Waals surface area contributed by atoms with Gasteiger partial charge in [0.2, 0.25) is 0 Å². The van der Waals surface area contributed by atoms with Gasteiger partial charge in [0, 0.05) is 17.7 Å². The Hall–Kier alpha value is -3.12. The number of amides is 1. The van der Waals surface area contributed by atoms with Crippen molar-refractivity contribution in [3.8, 4) is 5.75 Å². The molecule has 0 saturated carbocycles. The maximum atomic E-state index is 13.3. The van der Waals surface area contributed by atoms with Crippen molar-refractivity contribution in [1.82, 2.24) is 0 Å². The summed E-state index contributed by atoms with van der Waals surface area (Å²) in [7, 11) is 1.63. The molecule has 6 heteroatoms. The van der Waals surface area contributed by atoms with Crippen LogP contribution in [0.5, 0.6) is 5.75 Å². The Morgan fingerprint density at radius 3 is 2.19 bits per heavy atom. The Kier molecular flexibility index (Phi) is 9.32. The third kappa shape index (κ3) is 6.55. The average molecular weight is 492 g/mol. The first-order valence-corrected chi connectivity index (χ1v) is 12.9. The first-order chi connectivity index (χ1) is 17.2. The van der Waals surface area contributed by atoms with E-state index in [2.05, 4.69) is 32.9 Å². The van der Waals surface area contributed by atoms with Gasteiger partial charge in [0.1, 0.15) is 11.4 Å². The van der Waals surface area contributed by atoms with Gasteiger partial charge in [-0.2, -0.15) is 0 Å². The molecule has 6 nitrogen and oxygen atoms in total. The van der Waals surface area contributed by atoms with Gasteiger partial charge < -0.3 is 15.3 Å². The number of ether oxygens (including phenoxy) is 1. The number of nitrogens with zero attached hydrogens (tertiary/aromatic N) is 2. The van der Waals surface area contributed by atoms with Crippen molar-refractivity contribution in [2.45, 2.75) is 65.5 Å². The maximum absolute atomic E-state index is 13.3. The van der Waals surface area contributed by atoms with Gasteiger partial charge in [-0.15, -0.1) is 0 Å². The third-order valence-corrected chi connectivity index (χ3v) is 6.39. The molecule has 1 amide bonds. The lowest BCUT2D eigenvalue weighted by Gasteiger charge is -2.43. The number of oxime groups is 1. The van der Waals surface area contributed by atoms with Crippen LogP contribution in [0, 0.1) is 11.8 Å². The second-order valence-electron chi connectivity index (χ2n) is 10.5. The molecule has 3 rings (SSSR count). The van der Waals surface area contributed by atoms with Crippen LogP contribution in [0.1, 0.15) is 65.5 Å². The minimum Gasteiger partial charge on any atom is -0.497 e. The van der Waals surface area contributed by atoms with E-state index >= 15 is 0 Å². The Morgan fingerprint density at radius 2 is 1.67 bits per heavy atom. The predicted molar refractivity (Wildman–Crippen MR) is 147 cm³/mol. The summed E-state index contributed by atoms with van der Waals surface area (Å²) in [6, 6.07) is 17.4. The number of hydrogen-bond acceptors (Lipinski definition) is 5. The summed E-state index contributed by atoms with van der Waals surface area (Å²) < 4.78 is 5.28. The molecule has 0 aliphatic carbocycles. The summed E-state index contributed by atoms with van der Waals surface area (Å²) in [5, 5.41) is 4.52. The summed E-state index contributed by atoms with van der Waals surface area (Å²) in [6.07, 6.45) is 4.37. The minimum atomic E-state index is -0.408. The number of hydrogen-bond donors (Lipinski definition) is 1. The van der Waals surface area contributed by atoms with E-state index in [1.807, 2.05) is 72.5 Å². The molecule has 36 heavy (non-hydrogen) atoms. The van der Waals surface area contributed by atoms with Crippen LogP contribution in [0.3, 0.4) is 0 Å². The van der Waals surface area contributed by atoms with Crippen LogP contribution < -0.4 is 15.4 Å². The smallest absolute Gasteiger partial charge is 0.257 e. The van der Waals surface area contributed by atoms with E-state index in [1.54, 1.807) is 7.11 Å². The lowest BCUT2D eigenvalue weighted by molar-refractivity contribution is -0.119. The molecule has 0 radical (unpaired) electrons. The number of benzene rings is 2. The number of anilines is 1. The van der Waals surface area contributed by atoms with E-state index in [4.69, 9.17) is 15.3 Å². The second kappa shape index (κ2) is 12.2. The van der Waals surface area contributed by atoms with E-state index in [-0.39, 0.29) is 11.9 Å². The fourth-order valence-corrected chi connectivity index (χ4v) is 5.14.